The van der Waals surface area contributed by atoms with Crippen molar-refractivity contribution >= 4 is 21.8 Å². The highest BCUT2D eigenvalue weighted by Crippen LogP contribution is 2.48. The first-order chi connectivity index (χ1) is 15.8. The SMILES string of the molecule is Cn1cc(-c2cc(C3(N[SH](=O)=O)CC3)ccc2Oc2ccc(F)cc2F)c2cc[nH]c2c1=O. The zero-order chi connectivity index (χ0) is 23.3. The van der Waals surface area contributed by atoms with Crippen LogP contribution in [-0.4, -0.2) is 18.0 Å². The van der Waals surface area contributed by atoms with Crippen molar-refractivity contribution in [3.8, 4) is 22.6 Å². The monoisotopic (exact) mass is 471 g/mol. The van der Waals surface area contributed by atoms with Gasteiger partial charge in [0.1, 0.15) is 17.1 Å². The van der Waals surface area contributed by atoms with E-state index in [0.29, 0.717) is 34.9 Å². The fourth-order valence-corrected chi connectivity index (χ4v) is 4.75. The van der Waals surface area contributed by atoms with Gasteiger partial charge in [-0.2, -0.15) is 0 Å². The van der Waals surface area contributed by atoms with E-state index < -0.39 is 28.1 Å². The Morgan fingerprint density at radius 1 is 1.06 bits per heavy atom. The van der Waals surface area contributed by atoms with E-state index in [1.54, 1.807) is 43.7 Å². The van der Waals surface area contributed by atoms with Gasteiger partial charge in [0, 0.05) is 42.0 Å². The molecule has 0 amide bonds. The van der Waals surface area contributed by atoms with Crippen LogP contribution in [0, 0.1) is 11.6 Å². The lowest BCUT2D eigenvalue weighted by molar-refractivity contribution is 0.438. The molecule has 2 heterocycles. The highest BCUT2D eigenvalue weighted by Gasteiger charge is 2.45. The zero-order valence-electron chi connectivity index (χ0n) is 17.4. The Labute approximate surface area is 188 Å². The molecule has 0 aliphatic heterocycles. The van der Waals surface area contributed by atoms with Gasteiger partial charge in [-0.15, -0.1) is 0 Å². The molecule has 1 saturated carbocycles. The molecule has 0 radical (unpaired) electrons. The third-order valence-corrected chi connectivity index (χ3v) is 6.50. The number of thiol groups is 1. The molecule has 1 aliphatic rings. The number of fused-ring (bicyclic) bond motifs is 1. The molecule has 2 N–H and O–H groups in total. The van der Waals surface area contributed by atoms with Gasteiger partial charge >= 0.3 is 0 Å². The summed E-state index contributed by atoms with van der Waals surface area (Å²) >= 11 is 0. The van der Waals surface area contributed by atoms with Gasteiger partial charge in [-0.3, -0.25) is 4.79 Å². The summed E-state index contributed by atoms with van der Waals surface area (Å²) in [4.78, 5) is 15.5. The lowest BCUT2D eigenvalue weighted by Crippen LogP contribution is -2.27. The molecule has 2 aromatic heterocycles. The fraction of sp³-hybridized carbons (Fsp3) is 0.174. The molecular weight excluding hydrogens is 452 g/mol. The molecule has 7 nitrogen and oxygen atoms in total. The molecule has 0 bridgehead atoms. The van der Waals surface area contributed by atoms with Crippen molar-refractivity contribution in [1.29, 1.82) is 0 Å². The smallest absolute Gasteiger partial charge is 0.274 e. The second-order valence-electron chi connectivity index (χ2n) is 8.06. The molecule has 2 aromatic carbocycles. The van der Waals surface area contributed by atoms with E-state index in [1.807, 2.05) is 0 Å². The van der Waals surface area contributed by atoms with E-state index in [1.165, 1.54) is 10.6 Å². The van der Waals surface area contributed by atoms with E-state index in [2.05, 4.69) is 9.71 Å². The van der Waals surface area contributed by atoms with Crippen LogP contribution in [0.5, 0.6) is 11.5 Å². The lowest BCUT2D eigenvalue weighted by Gasteiger charge is -2.19. The summed E-state index contributed by atoms with van der Waals surface area (Å²) in [5.74, 6) is -1.48. The van der Waals surface area contributed by atoms with Gasteiger partial charge in [0.15, 0.2) is 11.6 Å². The number of ether oxygens (including phenoxy) is 1. The number of aryl methyl sites for hydroxylation is 1. The summed E-state index contributed by atoms with van der Waals surface area (Å²) in [6.45, 7) is 0. The number of pyridine rings is 1. The molecule has 0 atom stereocenters. The Balaban J connectivity index is 1.72. The Bertz CT molecular complexity index is 1530. The van der Waals surface area contributed by atoms with Crippen molar-refractivity contribution in [1.82, 2.24) is 14.3 Å². The lowest BCUT2D eigenvalue weighted by atomic mass is 9.96. The molecule has 170 valence electrons. The van der Waals surface area contributed by atoms with E-state index in [4.69, 9.17) is 4.74 Å². The van der Waals surface area contributed by atoms with Crippen molar-refractivity contribution in [2.75, 3.05) is 0 Å². The molecule has 4 aromatic rings. The second kappa shape index (κ2) is 7.82. The molecule has 5 rings (SSSR count). The molecule has 1 fully saturated rings. The second-order valence-corrected chi connectivity index (χ2v) is 8.80. The van der Waals surface area contributed by atoms with Gasteiger partial charge < -0.3 is 14.3 Å². The number of hydrogen-bond acceptors (Lipinski definition) is 4. The maximum atomic E-state index is 14.3. The number of nitrogens with zero attached hydrogens (tertiary/aromatic N) is 1. The van der Waals surface area contributed by atoms with Gasteiger partial charge in [-0.25, -0.2) is 21.9 Å². The van der Waals surface area contributed by atoms with E-state index >= 15 is 0 Å². The van der Waals surface area contributed by atoms with Crippen molar-refractivity contribution in [3.05, 3.63) is 82.4 Å². The average molecular weight is 471 g/mol. The standard InChI is InChI=1S/C23H19F2N3O4S/c1-28-12-17(15-6-9-26-21(15)22(28)29)16-10-13(23(7-8-23)27-33(30)31)2-4-19(16)32-20-5-3-14(24)11-18(20)25/h2-6,9-12,26,33H,7-8H2,1H3,(H,27,30,31). The normalized spacial score (nSPS) is 14.7. The van der Waals surface area contributed by atoms with Crippen LogP contribution in [0.1, 0.15) is 18.4 Å². The molecule has 1 aliphatic carbocycles. The highest BCUT2D eigenvalue weighted by molar-refractivity contribution is 7.70. The number of rotatable bonds is 6. The number of benzene rings is 2. The van der Waals surface area contributed by atoms with E-state index in [0.717, 1.165) is 17.7 Å². The van der Waals surface area contributed by atoms with Crippen LogP contribution >= 0.6 is 0 Å². The van der Waals surface area contributed by atoms with Gasteiger partial charge in [0.25, 0.3) is 5.56 Å². The largest absolute Gasteiger partial charge is 0.454 e. The van der Waals surface area contributed by atoms with E-state index in [-0.39, 0.29) is 17.1 Å². The van der Waals surface area contributed by atoms with Gasteiger partial charge in [-0.1, -0.05) is 6.07 Å². The van der Waals surface area contributed by atoms with Gasteiger partial charge in [0.05, 0.1) is 5.54 Å². The maximum absolute atomic E-state index is 14.3. The number of nitrogens with one attached hydrogen (secondary N) is 2. The maximum Gasteiger partial charge on any atom is 0.274 e. The van der Waals surface area contributed by atoms with Crippen LogP contribution in [0.2, 0.25) is 0 Å². The number of hydrogen-bond donors (Lipinski definition) is 3. The first kappa shape index (κ1) is 21.4. The minimum Gasteiger partial charge on any atom is -0.454 e. The van der Waals surface area contributed by atoms with Crippen molar-refractivity contribution in [2.45, 2.75) is 18.4 Å². The number of aromatic nitrogens is 2. The first-order valence-corrected chi connectivity index (χ1v) is 11.3. The Morgan fingerprint density at radius 2 is 1.82 bits per heavy atom. The average Bonchev–Trinajstić information content (AvgIpc) is 3.36. The third-order valence-electron chi connectivity index (χ3n) is 5.89. The molecule has 0 spiro atoms. The predicted octanol–water partition coefficient (Wildman–Crippen LogP) is 3.71. The summed E-state index contributed by atoms with van der Waals surface area (Å²) in [6, 6.07) is 9.89. The van der Waals surface area contributed by atoms with Crippen LogP contribution in [0.15, 0.2) is 59.7 Å². The molecule has 0 saturated heterocycles. The van der Waals surface area contributed by atoms with Crippen LogP contribution in [0.4, 0.5) is 8.78 Å². The van der Waals surface area contributed by atoms with Crippen LogP contribution in [-0.2, 0) is 23.5 Å². The van der Waals surface area contributed by atoms with Crippen LogP contribution in [0.3, 0.4) is 0 Å². The third kappa shape index (κ3) is 3.81. The quantitative estimate of drug-likeness (QED) is 0.374. The van der Waals surface area contributed by atoms with Gasteiger partial charge in [0.2, 0.25) is 10.9 Å². The molecule has 33 heavy (non-hydrogen) atoms. The van der Waals surface area contributed by atoms with E-state index in [9.17, 15) is 22.0 Å². The van der Waals surface area contributed by atoms with Crippen LogP contribution < -0.4 is 15.0 Å². The number of H-pyrrole nitrogens is 1. The van der Waals surface area contributed by atoms with Crippen LogP contribution in [0.25, 0.3) is 22.0 Å². The first-order valence-electron chi connectivity index (χ1n) is 10.1. The Kier molecular flexibility index (Phi) is 5.06. The summed E-state index contributed by atoms with van der Waals surface area (Å²) in [7, 11) is -1.20. The number of aromatic amines is 1. The molecule has 10 heteroatoms. The van der Waals surface area contributed by atoms with Gasteiger partial charge in [-0.05, 0) is 48.7 Å². The Morgan fingerprint density at radius 3 is 2.52 bits per heavy atom. The minimum atomic E-state index is -2.82. The highest BCUT2D eigenvalue weighted by atomic mass is 32.2. The topological polar surface area (TPSA) is 93.2 Å². The minimum absolute atomic E-state index is 0.164. The summed E-state index contributed by atoms with van der Waals surface area (Å²) in [6.07, 6.45) is 4.56. The number of halogens is 2. The zero-order valence-corrected chi connectivity index (χ0v) is 18.3. The summed E-state index contributed by atoms with van der Waals surface area (Å²) < 4.78 is 60.3. The Hall–Kier alpha value is -3.50. The van der Waals surface area contributed by atoms with Crippen molar-refractivity contribution in [2.24, 2.45) is 7.05 Å². The molecular formula is C23H19F2N3O4S. The summed E-state index contributed by atoms with van der Waals surface area (Å²) in [5.41, 5.74) is 1.36. The van der Waals surface area contributed by atoms with Crippen molar-refractivity contribution in [3.63, 3.8) is 0 Å². The van der Waals surface area contributed by atoms with Crippen molar-refractivity contribution < 1.29 is 21.9 Å². The molecule has 0 unspecified atom stereocenters. The fourth-order valence-electron chi connectivity index (χ4n) is 4.05. The summed E-state index contributed by atoms with van der Waals surface area (Å²) in [5, 5.41) is 0.632. The predicted molar refractivity (Wildman–Crippen MR) is 120 cm³/mol.